The molecular weight excluding hydrogens is 254 g/mol. The lowest BCUT2D eigenvalue weighted by molar-refractivity contribution is 0.304. The minimum atomic E-state index is 0.646. The molecule has 2 N–H and O–H groups in total. The van der Waals surface area contributed by atoms with Gasteiger partial charge < -0.3 is 10.5 Å². The van der Waals surface area contributed by atoms with Crippen LogP contribution in [0.2, 0.25) is 0 Å². The summed E-state index contributed by atoms with van der Waals surface area (Å²) in [5, 5.41) is 0. The largest absolute Gasteiger partial charge is 0.488 e. The van der Waals surface area contributed by atoms with E-state index in [9.17, 15) is 0 Å². The van der Waals surface area contributed by atoms with Gasteiger partial charge in [0.25, 0.3) is 0 Å². The molecule has 0 radical (unpaired) electrons. The highest BCUT2D eigenvalue weighted by Crippen LogP contribution is 2.26. The lowest BCUT2D eigenvalue weighted by Crippen LogP contribution is -2.06. The molecule has 0 saturated heterocycles. The first kappa shape index (κ1) is 14.1. The monoisotopic (exact) mass is 275 g/mol. The molecule has 0 atom stereocenters. The van der Waals surface area contributed by atoms with E-state index >= 15 is 0 Å². The number of aryl methyl sites for hydroxylation is 2. The highest BCUT2D eigenvalue weighted by Gasteiger charge is 2.07. The molecule has 0 bridgehead atoms. The Morgan fingerprint density at radius 2 is 1.95 bits per heavy atom. The number of hydrogen-bond acceptors (Lipinski definition) is 3. The smallest absolute Gasteiger partial charge is 0.125 e. The zero-order chi connectivity index (χ0) is 13.7. The van der Waals surface area contributed by atoms with Crippen LogP contribution < -0.4 is 10.5 Å². The van der Waals surface area contributed by atoms with Crippen LogP contribution in [0.3, 0.4) is 0 Å². The molecule has 0 aliphatic heterocycles. The Bertz CT molecular complexity index is 533. The quantitative estimate of drug-likeness (QED) is 0.872. The fraction of sp³-hybridized carbons (Fsp3) is 0.375. The van der Waals surface area contributed by atoms with E-state index < -0.39 is 0 Å². The van der Waals surface area contributed by atoms with Crippen molar-refractivity contribution in [3.05, 3.63) is 51.2 Å². The fourth-order valence-corrected chi connectivity index (χ4v) is 2.98. The van der Waals surface area contributed by atoms with Crippen molar-refractivity contribution >= 4 is 11.3 Å². The van der Waals surface area contributed by atoms with Crippen molar-refractivity contribution < 1.29 is 4.74 Å². The summed E-state index contributed by atoms with van der Waals surface area (Å²) in [7, 11) is 0. The highest BCUT2D eigenvalue weighted by molar-refractivity contribution is 7.11. The molecule has 0 saturated carbocycles. The summed E-state index contributed by atoms with van der Waals surface area (Å²) in [4.78, 5) is 2.68. The van der Waals surface area contributed by atoms with E-state index in [0.717, 1.165) is 18.6 Å². The van der Waals surface area contributed by atoms with Gasteiger partial charge in [-0.05, 0) is 49.6 Å². The first-order valence-electron chi connectivity index (χ1n) is 6.73. The molecule has 0 unspecified atom stereocenters. The fourth-order valence-electron chi connectivity index (χ4n) is 2.11. The van der Waals surface area contributed by atoms with Crippen LogP contribution in [0.5, 0.6) is 5.75 Å². The van der Waals surface area contributed by atoms with Crippen molar-refractivity contribution in [1.82, 2.24) is 0 Å². The summed E-state index contributed by atoms with van der Waals surface area (Å²) in [6.07, 6.45) is 1.95. The molecular formula is C16H21NOS. The van der Waals surface area contributed by atoms with Crippen LogP contribution in [0.1, 0.15) is 27.8 Å². The topological polar surface area (TPSA) is 35.2 Å². The third-order valence-corrected chi connectivity index (χ3v) is 4.33. The van der Waals surface area contributed by atoms with Crippen LogP contribution >= 0.6 is 11.3 Å². The summed E-state index contributed by atoms with van der Waals surface area (Å²) in [5.74, 6) is 0.999. The Kier molecular flexibility index (Phi) is 5.00. The molecule has 2 rings (SSSR count). The second-order valence-corrected chi connectivity index (χ2v) is 5.86. The van der Waals surface area contributed by atoms with Gasteiger partial charge in [0, 0.05) is 9.75 Å². The Hall–Kier alpha value is -1.32. The van der Waals surface area contributed by atoms with E-state index in [1.54, 1.807) is 0 Å². The van der Waals surface area contributed by atoms with E-state index in [4.69, 9.17) is 10.5 Å². The zero-order valence-corrected chi connectivity index (χ0v) is 12.4. The molecule has 0 aliphatic carbocycles. The van der Waals surface area contributed by atoms with Gasteiger partial charge in [0.15, 0.2) is 0 Å². The molecule has 0 aliphatic rings. The molecule has 0 amide bonds. The van der Waals surface area contributed by atoms with Crippen molar-refractivity contribution in [1.29, 1.82) is 0 Å². The van der Waals surface area contributed by atoms with Gasteiger partial charge in [-0.15, -0.1) is 11.3 Å². The van der Waals surface area contributed by atoms with Crippen LogP contribution in [0.4, 0.5) is 0 Å². The molecule has 102 valence electrons. The van der Waals surface area contributed by atoms with E-state index in [-0.39, 0.29) is 0 Å². The van der Waals surface area contributed by atoms with Crippen LogP contribution in [0.15, 0.2) is 30.3 Å². The van der Waals surface area contributed by atoms with Crippen molar-refractivity contribution in [2.45, 2.75) is 33.3 Å². The lowest BCUT2D eigenvalue weighted by atomic mass is 10.1. The molecule has 2 nitrogen and oxygen atoms in total. The molecule has 1 aromatic carbocycles. The van der Waals surface area contributed by atoms with E-state index in [1.807, 2.05) is 11.3 Å². The minimum absolute atomic E-state index is 0.646. The maximum Gasteiger partial charge on any atom is 0.125 e. The first-order valence-corrected chi connectivity index (χ1v) is 7.55. The predicted octanol–water partition coefficient (Wildman–Crippen LogP) is 3.70. The molecule has 19 heavy (non-hydrogen) atoms. The molecule has 2 aromatic rings. The first-order chi connectivity index (χ1) is 9.24. The third kappa shape index (κ3) is 3.58. The standard InChI is InChI=1S/C16H21NOS/c1-3-14-7-8-15(19-14)11-18-16-12(2)5-4-6-13(16)9-10-17/h4-8H,3,9-11,17H2,1-2H3. The molecule has 1 aromatic heterocycles. The highest BCUT2D eigenvalue weighted by atomic mass is 32.1. The van der Waals surface area contributed by atoms with Crippen LogP contribution in [0.25, 0.3) is 0 Å². The van der Waals surface area contributed by atoms with Gasteiger partial charge in [0.2, 0.25) is 0 Å². The number of rotatable bonds is 6. The summed E-state index contributed by atoms with van der Waals surface area (Å²) in [6.45, 7) is 5.56. The third-order valence-electron chi connectivity index (χ3n) is 3.13. The summed E-state index contributed by atoms with van der Waals surface area (Å²) >= 11 is 1.83. The Balaban J connectivity index is 2.09. The van der Waals surface area contributed by atoms with E-state index in [1.165, 1.54) is 20.9 Å². The second kappa shape index (κ2) is 6.73. The van der Waals surface area contributed by atoms with Crippen molar-refractivity contribution in [3.63, 3.8) is 0 Å². The number of hydrogen-bond donors (Lipinski definition) is 1. The van der Waals surface area contributed by atoms with Crippen LogP contribution in [0, 0.1) is 6.92 Å². The molecule has 1 heterocycles. The Morgan fingerprint density at radius 1 is 1.16 bits per heavy atom. The summed E-state index contributed by atoms with van der Waals surface area (Å²) < 4.78 is 6.02. The zero-order valence-electron chi connectivity index (χ0n) is 11.6. The number of thiophene rings is 1. The Morgan fingerprint density at radius 3 is 2.63 bits per heavy atom. The van der Waals surface area contributed by atoms with Gasteiger partial charge in [0.05, 0.1) is 0 Å². The summed E-state index contributed by atoms with van der Waals surface area (Å²) in [5.41, 5.74) is 8.04. The number of benzene rings is 1. The van der Waals surface area contributed by atoms with Crippen molar-refractivity contribution in [2.24, 2.45) is 5.73 Å². The summed E-state index contributed by atoms with van der Waals surface area (Å²) in [6, 6.07) is 10.6. The van der Waals surface area contributed by atoms with Crippen molar-refractivity contribution in [3.8, 4) is 5.75 Å². The molecule has 3 heteroatoms. The average molecular weight is 275 g/mol. The van der Waals surface area contributed by atoms with Gasteiger partial charge in [-0.2, -0.15) is 0 Å². The van der Waals surface area contributed by atoms with Gasteiger partial charge in [-0.3, -0.25) is 0 Å². The van der Waals surface area contributed by atoms with Gasteiger partial charge in [-0.1, -0.05) is 25.1 Å². The Labute approximate surface area is 119 Å². The maximum atomic E-state index is 6.02. The van der Waals surface area contributed by atoms with E-state index in [0.29, 0.717) is 13.2 Å². The second-order valence-electron chi connectivity index (χ2n) is 4.61. The van der Waals surface area contributed by atoms with Gasteiger partial charge in [-0.25, -0.2) is 0 Å². The molecule has 0 fully saturated rings. The van der Waals surface area contributed by atoms with E-state index in [2.05, 4.69) is 44.2 Å². The number of para-hydroxylation sites is 1. The predicted molar refractivity (Wildman–Crippen MR) is 82.0 cm³/mol. The SMILES string of the molecule is CCc1ccc(COc2c(C)cccc2CCN)s1. The maximum absolute atomic E-state index is 6.02. The van der Waals surface area contributed by atoms with Crippen LogP contribution in [-0.4, -0.2) is 6.54 Å². The average Bonchev–Trinajstić information content (AvgIpc) is 2.86. The number of ether oxygens (including phenoxy) is 1. The lowest BCUT2D eigenvalue weighted by Gasteiger charge is -2.13. The van der Waals surface area contributed by atoms with Crippen LogP contribution in [-0.2, 0) is 19.4 Å². The number of nitrogens with two attached hydrogens (primary N) is 1. The van der Waals surface area contributed by atoms with Gasteiger partial charge in [0.1, 0.15) is 12.4 Å². The van der Waals surface area contributed by atoms with Gasteiger partial charge >= 0.3 is 0 Å². The molecule has 0 spiro atoms. The normalized spacial score (nSPS) is 10.7. The minimum Gasteiger partial charge on any atom is -0.488 e. The van der Waals surface area contributed by atoms with Crippen molar-refractivity contribution in [2.75, 3.05) is 6.54 Å².